The van der Waals surface area contributed by atoms with Gasteiger partial charge >= 0.3 is 6.03 Å². The van der Waals surface area contributed by atoms with Crippen LogP contribution in [0, 0.1) is 0 Å². The maximum absolute atomic E-state index is 12.8. The van der Waals surface area contributed by atoms with Crippen molar-refractivity contribution in [1.82, 2.24) is 19.4 Å². The molecule has 7 heteroatoms. The van der Waals surface area contributed by atoms with Crippen LogP contribution in [0.2, 0.25) is 0 Å². The summed E-state index contributed by atoms with van der Waals surface area (Å²) in [4.78, 5) is 33.0. The van der Waals surface area contributed by atoms with Gasteiger partial charge in [-0.25, -0.2) is 9.78 Å². The van der Waals surface area contributed by atoms with Gasteiger partial charge in [0.2, 0.25) is 0 Å². The first-order chi connectivity index (χ1) is 13.1. The third kappa shape index (κ3) is 3.48. The molecule has 1 fully saturated rings. The van der Waals surface area contributed by atoms with Crippen molar-refractivity contribution >= 4 is 28.7 Å². The second-order valence-electron chi connectivity index (χ2n) is 6.63. The second kappa shape index (κ2) is 7.11. The van der Waals surface area contributed by atoms with Crippen LogP contribution in [0.1, 0.15) is 10.4 Å². The molecule has 0 saturated carbocycles. The number of imidazole rings is 1. The van der Waals surface area contributed by atoms with Gasteiger partial charge in [0.25, 0.3) is 5.91 Å². The van der Waals surface area contributed by atoms with Gasteiger partial charge < -0.3 is 19.7 Å². The van der Waals surface area contributed by atoms with Crippen molar-refractivity contribution in [3.8, 4) is 0 Å². The molecule has 0 aliphatic carbocycles. The molecule has 1 N–H and O–H groups in total. The zero-order valence-corrected chi connectivity index (χ0v) is 15.1. The van der Waals surface area contributed by atoms with Gasteiger partial charge in [0.05, 0.1) is 17.4 Å². The SMILES string of the molecule is Cn1cnc2cc(C(=O)N3CCN(C(=O)Nc4ccccc4)CC3)ccc21. The number of nitrogens with zero attached hydrogens (tertiary/aromatic N) is 4. The normalized spacial score (nSPS) is 14.4. The number of para-hydroxylation sites is 1. The van der Waals surface area contributed by atoms with E-state index in [0.29, 0.717) is 31.7 Å². The Balaban J connectivity index is 1.37. The smallest absolute Gasteiger partial charge is 0.321 e. The Kier molecular flexibility index (Phi) is 4.50. The van der Waals surface area contributed by atoms with E-state index in [1.807, 2.05) is 60.1 Å². The fraction of sp³-hybridized carbons (Fsp3) is 0.250. The lowest BCUT2D eigenvalue weighted by atomic mass is 10.1. The van der Waals surface area contributed by atoms with Gasteiger partial charge in [-0.05, 0) is 30.3 Å². The molecule has 1 saturated heterocycles. The predicted molar refractivity (Wildman–Crippen MR) is 104 cm³/mol. The lowest BCUT2D eigenvalue weighted by molar-refractivity contribution is 0.0672. The molecule has 3 amide bonds. The summed E-state index contributed by atoms with van der Waals surface area (Å²) in [7, 11) is 1.93. The van der Waals surface area contributed by atoms with Crippen molar-refractivity contribution < 1.29 is 9.59 Å². The zero-order valence-electron chi connectivity index (χ0n) is 15.1. The minimum Gasteiger partial charge on any atom is -0.335 e. The number of aryl methyl sites for hydroxylation is 1. The maximum atomic E-state index is 12.8. The molecule has 0 radical (unpaired) electrons. The van der Waals surface area contributed by atoms with Crippen molar-refractivity contribution in [2.24, 2.45) is 7.05 Å². The molecule has 4 rings (SSSR count). The summed E-state index contributed by atoms with van der Waals surface area (Å²) in [6.45, 7) is 2.05. The summed E-state index contributed by atoms with van der Waals surface area (Å²) in [6, 6.07) is 14.8. The summed E-state index contributed by atoms with van der Waals surface area (Å²) < 4.78 is 1.92. The van der Waals surface area contributed by atoms with Gasteiger partial charge in [0.15, 0.2) is 0 Å². The molecule has 7 nitrogen and oxygen atoms in total. The summed E-state index contributed by atoms with van der Waals surface area (Å²) in [5.74, 6) is -0.0225. The number of carbonyl (C=O) groups is 2. The van der Waals surface area contributed by atoms with Crippen LogP contribution in [0.25, 0.3) is 11.0 Å². The van der Waals surface area contributed by atoms with Crippen molar-refractivity contribution in [2.75, 3.05) is 31.5 Å². The number of hydrogen-bond acceptors (Lipinski definition) is 3. The molecule has 0 atom stereocenters. The van der Waals surface area contributed by atoms with Crippen molar-refractivity contribution in [2.45, 2.75) is 0 Å². The van der Waals surface area contributed by atoms with E-state index in [2.05, 4.69) is 10.3 Å². The number of amides is 3. The fourth-order valence-corrected chi connectivity index (χ4v) is 3.29. The summed E-state index contributed by atoms with van der Waals surface area (Å²) in [5, 5.41) is 2.88. The highest BCUT2D eigenvalue weighted by molar-refractivity contribution is 5.97. The zero-order chi connectivity index (χ0) is 18.8. The molecule has 2 aromatic carbocycles. The molecule has 1 aliphatic rings. The molecule has 0 unspecified atom stereocenters. The Morgan fingerprint density at radius 3 is 2.41 bits per heavy atom. The number of urea groups is 1. The molecule has 1 aromatic heterocycles. The van der Waals surface area contributed by atoms with Gasteiger partial charge in [0.1, 0.15) is 0 Å². The van der Waals surface area contributed by atoms with Crippen molar-refractivity contribution in [3.05, 3.63) is 60.4 Å². The number of nitrogens with one attached hydrogen (secondary N) is 1. The Morgan fingerprint density at radius 2 is 1.67 bits per heavy atom. The first-order valence-corrected chi connectivity index (χ1v) is 8.93. The minimum absolute atomic E-state index is 0.0225. The van der Waals surface area contributed by atoms with Crippen LogP contribution in [0.3, 0.4) is 0 Å². The van der Waals surface area contributed by atoms with Crippen LogP contribution in [-0.2, 0) is 7.05 Å². The molecule has 1 aliphatic heterocycles. The lowest BCUT2D eigenvalue weighted by Crippen LogP contribution is -2.51. The number of aromatic nitrogens is 2. The predicted octanol–water partition coefficient (Wildman–Crippen LogP) is 2.56. The van der Waals surface area contributed by atoms with Crippen LogP contribution in [0.15, 0.2) is 54.9 Å². The summed E-state index contributed by atoms with van der Waals surface area (Å²) in [5.41, 5.74) is 3.20. The van der Waals surface area contributed by atoms with E-state index >= 15 is 0 Å². The second-order valence-corrected chi connectivity index (χ2v) is 6.63. The standard InChI is InChI=1S/C20H21N5O2/c1-23-14-21-17-13-15(7-8-18(17)23)19(26)24-9-11-25(12-10-24)20(27)22-16-5-3-2-4-6-16/h2-8,13-14H,9-12H2,1H3,(H,22,27). The van der Waals surface area contributed by atoms with E-state index in [9.17, 15) is 9.59 Å². The molecule has 2 heterocycles. The van der Waals surface area contributed by atoms with Gasteiger partial charge in [-0.3, -0.25) is 4.79 Å². The molecule has 27 heavy (non-hydrogen) atoms. The van der Waals surface area contributed by atoms with E-state index in [1.54, 1.807) is 16.1 Å². The summed E-state index contributed by atoms with van der Waals surface area (Å²) >= 11 is 0. The van der Waals surface area contributed by atoms with Gasteiger partial charge in [-0.15, -0.1) is 0 Å². The number of carbonyl (C=O) groups excluding carboxylic acids is 2. The first-order valence-electron chi connectivity index (χ1n) is 8.93. The van der Waals surface area contributed by atoms with Crippen LogP contribution >= 0.6 is 0 Å². The van der Waals surface area contributed by atoms with Gasteiger partial charge in [-0.1, -0.05) is 18.2 Å². The highest BCUT2D eigenvalue weighted by Gasteiger charge is 2.25. The van der Waals surface area contributed by atoms with Crippen LogP contribution in [-0.4, -0.2) is 57.5 Å². The highest BCUT2D eigenvalue weighted by atomic mass is 16.2. The lowest BCUT2D eigenvalue weighted by Gasteiger charge is -2.34. The van der Waals surface area contributed by atoms with E-state index in [4.69, 9.17) is 0 Å². The van der Waals surface area contributed by atoms with Gasteiger partial charge in [0, 0.05) is 44.5 Å². The largest absolute Gasteiger partial charge is 0.335 e. The average molecular weight is 363 g/mol. The quantitative estimate of drug-likeness (QED) is 0.761. The maximum Gasteiger partial charge on any atom is 0.321 e. The highest BCUT2D eigenvalue weighted by Crippen LogP contribution is 2.17. The van der Waals surface area contributed by atoms with Crippen molar-refractivity contribution in [3.63, 3.8) is 0 Å². The fourth-order valence-electron chi connectivity index (χ4n) is 3.29. The van der Waals surface area contributed by atoms with Crippen LogP contribution < -0.4 is 5.32 Å². The molecule has 3 aromatic rings. The molecular weight excluding hydrogens is 342 g/mol. The van der Waals surface area contributed by atoms with Crippen molar-refractivity contribution in [1.29, 1.82) is 0 Å². The van der Waals surface area contributed by atoms with Gasteiger partial charge in [-0.2, -0.15) is 0 Å². The number of fused-ring (bicyclic) bond motifs is 1. The van der Waals surface area contributed by atoms with E-state index in [0.717, 1.165) is 16.7 Å². The van der Waals surface area contributed by atoms with E-state index in [-0.39, 0.29) is 11.9 Å². The van der Waals surface area contributed by atoms with E-state index in [1.165, 1.54) is 0 Å². The molecule has 0 spiro atoms. The topological polar surface area (TPSA) is 70.5 Å². The summed E-state index contributed by atoms with van der Waals surface area (Å²) in [6.07, 6.45) is 1.74. The third-order valence-corrected chi connectivity index (χ3v) is 4.85. The number of benzene rings is 2. The third-order valence-electron chi connectivity index (χ3n) is 4.85. The molecular formula is C20H21N5O2. The Labute approximate surface area is 157 Å². The van der Waals surface area contributed by atoms with Crippen LogP contribution in [0.4, 0.5) is 10.5 Å². The van der Waals surface area contributed by atoms with Crippen LogP contribution in [0.5, 0.6) is 0 Å². The number of hydrogen-bond donors (Lipinski definition) is 1. The van der Waals surface area contributed by atoms with E-state index < -0.39 is 0 Å². The first kappa shape index (κ1) is 17.1. The monoisotopic (exact) mass is 363 g/mol. The Morgan fingerprint density at radius 1 is 0.963 bits per heavy atom. The average Bonchev–Trinajstić information content (AvgIpc) is 3.08. The Bertz CT molecular complexity index is 974. The number of anilines is 1. The Hall–Kier alpha value is -3.35. The number of rotatable bonds is 2. The minimum atomic E-state index is -0.136. The molecule has 138 valence electrons. The number of piperazine rings is 1. The molecule has 0 bridgehead atoms.